The van der Waals surface area contributed by atoms with E-state index in [1.54, 1.807) is 0 Å². The third-order valence-corrected chi connectivity index (χ3v) is 7.24. The van der Waals surface area contributed by atoms with Crippen molar-refractivity contribution in [1.82, 2.24) is 9.47 Å². The smallest absolute Gasteiger partial charge is 0.254 e. The molecule has 1 fully saturated rings. The van der Waals surface area contributed by atoms with Gasteiger partial charge < -0.3 is 9.47 Å². The number of amides is 1. The van der Waals surface area contributed by atoms with Gasteiger partial charge in [0, 0.05) is 30.0 Å². The number of hydrogen-bond donors (Lipinski definition) is 0. The molecule has 0 atom stereocenters. The molecule has 0 unspecified atom stereocenters. The van der Waals surface area contributed by atoms with Crippen molar-refractivity contribution in [2.24, 2.45) is 0 Å². The minimum atomic E-state index is 0.176. The summed E-state index contributed by atoms with van der Waals surface area (Å²) in [6.45, 7) is 5.88. The highest BCUT2D eigenvalue weighted by molar-refractivity contribution is 5.94. The molecule has 3 aromatic rings. The van der Waals surface area contributed by atoms with Crippen LogP contribution in [0.1, 0.15) is 91.0 Å². The van der Waals surface area contributed by atoms with Crippen molar-refractivity contribution in [2.75, 3.05) is 0 Å². The molecule has 1 saturated carbocycles. The van der Waals surface area contributed by atoms with E-state index >= 15 is 0 Å². The Kier molecular flexibility index (Phi) is 8.62. The van der Waals surface area contributed by atoms with E-state index in [0.717, 1.165) is 31.4 Å². The van der Waals surface area contributed by atoms with Crippen LogP contribution in [0.25, 0.3) is 0 Å². The maximum atomic E-state index is 13.8. The minimum Gasteiger partial charge on any atom is -0.345 e. The summed E-state index contributed by atoms with van der Waals surface area (Å²) < 4.78 is 2.30. The molecule has 0 N–H and O–H groups in total. The van der Waals surface area contributed by atoms with Crippen LogP contribution in [0.15, 0.2) is 66.9 Å². The van der Waals surface area contributed by atoms with E-state index in [4.69, 9.17) is 0 Å². The second-order valence-electron chi connectivity index (χ2n) is 10.00. The molecular weight excluding hydrogens is 416 g/mol. The topological polar surface area (TPSA) is 25.2 Å². The van der Waals surface area contributed by atoms with Crippen LogP contribution in [0.3, 0.4) is 0 Å². The molecule has 0 saturated heterocycles. The van der Waals surface area contributed by atoms with Crippen LogP contribution >= 0.6 is 0 Å². The molecule has 0 radical (unpaired) electrons. The van der Waals surface area contributed by atoms with Crippen molar-refractivity contribution >= 4 is 5.91 Å². The largest absolute Gasteiger partial charge is 0.345 e. The van der Waals surface area contributed by atoms with E-state index < -0.39 is 0 Å². The summed E-state index contributed by atoms with van der Waals surface area (Å²) in [7, 11) is 0. The van der Waals surface area contributed by atoms with E-state index in [9.17, 15) is 4.79 Å². The lowest BCUT2D eigenvalue weighted by atomic mass is 9.93. The molecule has 0 aliphatic heterocycles. The number of carbonyl (C=O) groups excluding carboxylic acids is 1. The Morgan fingerprint density at radius 1 is 0.941 bits per heavy atom. The molecule has 3 nitrogen and oxygen atoms in total. The molecule has 0 spiro atoms. The number of nitrogens with zero attached hydrogens (tertiary/aromatic N) is 2. The normalized spacial score (nSPS) is 14.3. The quantitative estimate of drug-likeness (QED) is 0.289. The highest BCUT2D eigenvalue weighted by Gasteiger charge is 2.27. The maximum Gasteiger partial charge on any atom is 0.254 e. The van der Waals surface area contributed by atoms with E-state index in [-0.39, 0.29) is 5.91 Å². The van der Waals surface area contributed by atoms with Gasteiger partial charge in [-0.2, -0.15) is 0 Å². The first-order valence-corrected chi connectivity index (χ1v) is 13.2. The van der Waals surface area contributed by atoms with E-state index in [2.05, 4.69) is 78.0 Å². The number of aryl methyl sites for hydroxylation is 2. The highest BCUT2D eigenvalue weighted by Crippen LogP contribution is 2.26. The van der Waals surface area contributed by atoms with Gasteiger partial charge in [-0.15, -0.1) is 0 Å². The Balaban J connectivity index is 1.52. The van der Waals surface area contributed by atoms with Gasteiger partial charge >= 0.3 is 0 Å². The van der Waals surface area contributed by atoms with Crippen molar-refractivity contribution < 1.29 is 4.79 Å². The average Bonchev–Trinajstić information content (AvgIpc) is 3.30. The number of unbranched alkanes of at least 4 members (excludes halogenated alkanes) is 2. The van der Waals surface area contributed by atoms with E-state index in [1.807, 2.05) is 12.1 Å². The predicted octanol–water partition coefficient (Wildman–Crippen LogP) is 7.55. The minimum absolute atomic E-state index is 0.176. The number of carbonyl (C=O) groups is 1. The van der Waals surface area contributed by atoms with Crippen molar-refractivity contribution in [3.63, 3.8) is 0 Å². The monoisotopic (exact) mass is 456 g/mol. The third kappa shape index (κ3) is 6.40. The fourth-order valence-corrected chi connectivity index (χ4v) is 5.25. The van der Waals surface area contributed by atoms with Gasteiger partial charge in [0.2, 0.25) is 0 Å². The molecule has 1 amide bonds. The van der Waals surface area contributed by atoms with E-state index in [0.29, 0.717) is 12.6 Å². The zero-order chi connectivity index (χ0) is 23.8. The van der Waals surface area contributed by atoms with Gasteiger partial charge in [0.1, 0.15) is 0 Å². The molecule has 1 aromatic heterocycles. The van der Waals surface area contributed by atoms with Crippen LogP contribution in [0.4, 0.5) is 0 Å². The van der Waals surface area contributed by atoms with Crippen molar-refractivity contribution in [3.05, 3.63) is 94.8 Å². The van der Waals surface area contributed by atoms with Crippen LogP contribution in [0.5, 0.6) is 0 Å². The fraction of sp³-hybridized carbons (Fsp3) is 0.452. The SMILES string of the molecule is CCCCCc1ccc(C(=O)N(Cc2cccn2Cc2cccc(C)c2)C2CCCCC2)cc1. The zero-order valence-corrected chi connectivity index (χ0v) is 21.0. The molecule has 0 bridgehead atoms. The summed E-state index contributed by atoms with van der Waals surface area (Å²) >= 11 is 0. The van der Waals surface area contributed by atoms with E-state index in [1.165, 1.54) is 60.9 Å². The number of rotatable bonds is 10. The van der Waals surface area contributed by atoms with Crippen molar-refractivity contribution in [3.8, 4) is 0 Å². The van der Waals surface area contributed by atoms with Crippen LogP contribution in [-0.4, -0.2) is 21.4 Å². The highest BCUT2D eigenvalue weighted by atomic mass is 16.2. The van der Waals surface area contributed by atoms with Crippen LogP contribution in [0.2, 0.25) is 0 Å². The van der Waals surface area contributed by atoms with Crippen LogP contribution in [-0.2, 0) is 19.5 Å². The molecule has 4 rings (SSSR count). The number of benzene rings is 2. The molecule has 180 valence electrons. The summed E-state index contributed by atoms with van der Waals surface area (Å²) in [6, 6.07) is 21.7. The standard InChI is InChI=1S/C31H40N2O/c1-3-4-6-12-26-17-19-28(20-18-26)31(34)33(29-14-7-5-8-15-29)24-30-16-10-21-32(30)23-27-13-9-11-25(2)22-27/h9-11,13,16-22,29H,3-8,12,14-15,23-24H2,1-2H3. The molecule has 3 heteroatoms. The summed E-state index contributed by atoms with van der Waals surface area (Å²) in [5.74, 6) is 0.176. The molecule has 1 heterocycles. The molecule has 2 aromatic carbocycles. The van der Waals surface area contributed by atoms with Crippen LogP contribution in [0, 0.1) is 6.92 Å². The second-order valence-corrected chi connectivity index (χ2v) is 10.00. The maximum absolute atomic E-state index is 13.8. The van der Waals surface area contributed by atoms with Gasteiger partial charge in [0.25, 0.3) is 5.91 Å². The number of hydrogen-bond acceptors (Lipinski definition) is 1. The lowest BCUT2D eigenvalue weighted by Crippen LogP contribution is -2.41. The third-order valence-electron chi connectivity index (χ3n) is 7.24. The molecule has 34 heavy (non-hydrogen) atoms. The summed E-state index contributed by atoms with van der Waals surface area (Å²) in [5, 5.41) is 0. The van der Waals surface area contributed by atoms with Crippen molar-refractivity contribution in [2.45, 2.75) is 90.8 Å². The van der Waals surface area contributed by atoms with Crippen molar-refractivity contribution in [1.29, 1.82) is 0 Å². The van der Waals surface area contributed by atoms with Gasteiger partial charge in [-0.3, -0.25) is 4.79 Å². The lowest BCUT2D eigenvalue weighted by molar-refractivity contribution is 0.0608. The molecule has 1 aliphatic rings. The van der Waals surface area contributed by atoms with Crippen LogP contribution < -0.4 is 0 Å². The Bertz CT molecular complexity index is 1040. The first kappa shape index (κ1) is 24.3. The van der Waals surface area contributed by atoms with Gasteiger partial charge in [-0.05, 0) is 68.0 Å². The van der Waals surface area contributed by atoms with Gasteiger partial charge in [0.05, 0.1) is 6.54 Å². The summed E-state index contributed by atoms with van der Waals surface area (Å²) in [5.41, 5.74) is 5.94. The van der Waals surface area contributed by atoms with Gasteiger partial charge in [-0.25, -0.2) is 0 Å². The Morgan fingerprint density at radius 3 is 2.47 bits per heavy atom. The molecular formula is C31H40N2O. The number of aromatic nitrogens is 1. The van der Waals surface area contributed by atoms with Gasteiger partial charge in [-0.1, -0.05) is 81.0 Å². The Morgan fingerprint density at radius 2 is 1.74 bits per heavy atom. The summed E-state index contributed by atoms with van der Waals surface area (Å²) in [6.07, 6.45) is 12.9. The summed E-state index contributed by atoms with van der Waals surface area (Å²) in [4.78, 5) is 15.9. The first-order valence-electron chi connectivity index (χ1n) is 13.2. The Hall–Kier alpha value is -2.81. The Labute approximate surface area is 205 Å². The lowest BCUT2D eigenvalue weighted by Gasteiger charge is -2.35. The second kappa shape index (κ2) is 12.1. The molecule has 1 aliphatic carbocycles. The average molecular weight is 457 g/mol. The zero-order valence-electron chi connectivity index (χ0n) is 21.0. The first-order chi connectivity index (χ1) is 16.6. The van der Waals surface area contributed by atoms with Gasteiger partial charge in [0.15, 0.2) is 0 Å². The fourth-order valence-electron chi connectivity index (χ4n) is 5.25. The predicted molar refractivity (Wildman–Crippen MR) is 141 cm³/mol.